The Morgan fingerprint density at radius 1 is 1.14 bits per heavy atom. The number of carbonyl (C=O) groups excluding carboxylic acids is 1. The van der Waals surface area contributed by atoms with Gasteiger partial charge in [-0.25, -0.2) is 8.42 Å². The van der Waals surface area contributed by atoms with Crippen molar-refractivity contribution in [1.82, 2.24) is 0 Å². The van der Waals surface area contributed by atoms with Gasteiger partial charge in [0.05, 0.1) is 29.4 Å². The molecule has 0 aliphatic heterocycles. The molecule has 6 nitrogen and oxygen atoms in total. The Morgan fingerprint density at radius 2 is 1.79 bits per heavy atom. The minimum Gasteiger partial charge on any atom is -0.497 e. The lowest BCUT2D eigenvalue weighted by Gasteiger charge is -2.29. The van der Waals surface area contributed by atoms with Crippen molar-refractivity contribution in [3.63, 3.8) is 0 Å². The lowest BCUT2D eigenvalue weighted by Crippen LogP contribution is -2.42. The van der Waals surface area contributed by atoms with Crippen LogP contribution in [0, 0.1) is 17.2 Å². The van der Waals surface area contributed by atoms with Crippen molar-refractivity contribution in [2.75, 3.05) is 17.8 Å². The number of sulfone groups is 1. The highest BCUT2D eigenvalue weighted by molar-refractivity contribution is 7.91. The summed E-state index contributed by atoms with van der Waals surface area (Å²) in [6, 6.07) is 14.7. The summed E-state index contributed by atoms with van der Waals surface area (Å²) in [5.41, 5.74) is 1.02. The molecule has 1 atom stereocenters. The highest BCUT2D eigenvalue weighted by Crippen LogP contribution is 2.24. The van der Waals surface area contributed by atoms with Gasteiger partial charge in [0, 0.05) is 17.6 Å². The van der Waals surface area contributed by atoms with Crippen LogP contribution < -0.4 is 9.64 Å². The van der Waals surface area contributed by atoms with E-state index in [1.807, 2.05) is 13.8 Å². The molecule has 0 bridgehead atoms. The molecule has 0 saturated heterocycles. The van der Waals surface area contributed by atoms with Gasteiger partial charge in [0.15, 0.2) is 9.84 Å². The van der Waals surface area contributed by atoms with Gasteiger partial charge < -0.3 is 9.64 Å². The van der Waals surface area contributed by atoms with E-state index in [1.54, 1.807) is 43.3 Å². The summed E-state index contributed by atoms with van der Waals surface area (Å²) in [6.07, 6.45) is 0. The smallest absolute Gasteiger partial charge is 0.231 e. The van der Waals surface area contributed by atoms with E-state index < -0.39 is 15.8 Å². The molecule has 0 aliphatic rings. The molecule has 1 amide bonds. The number of rotatable bonds is 7. The third-order valence-electron chi connectivity index (χ3n) is 4.32. The number of benzene rings is 2. The first-order valence-electron chi connectivity index (χ1n) is 8.89. The maximum Gasteiger partial charge on any atom is 0.231 e. The van der Waals surface area contributed by atoms with Gasteiger partial charge in [0.25, 0.3) is 0 Å². The first-order valence-corrected chi connectivity index (χ1v) is 10.5. The van der Waals surface area contributed by atoms with E-state index in [0.717, 1.165) is 0 Å². The number of hydrogen-bond donors (Lipinski definition) is 0. The summed E-state index contributed by atoms with van der Waals surface area (Å²) >= 11 is 0. The molecule has 0 fully saturated rings. The highest BCUT2D eigenvalue weighted by atomic mass is 32.2. The molecule has 0 aliphatic carbocycles. The number of anilines is 1. The van der Waals surface area contributed by atoms with Crippen LogP contribution in [0.25, 0.3) is 0 Å². The molecule has 7 heteroatoms. The fourth-order valence-electron chi connectivity index (χ4n) is 2.92. The highest BCUT2D eigenvalue weighted by Gasteiger charge is 2.29. The minimum atomic E-state index is -3.64. The number of nitrogens with zero attached hydrogens (tertiary/aromatic N) is 2. The number of carbonyl (C=O) groups is 1. The van der Waals surface area contributed by atoms with Crippen molar-refractivity contribution in [2.24, 2.45) is 5.92 Å². The minimum absolute atomic E-state index is 0.149. The second kappa shape index (κ2) is 8.89. The van der Waals surface area contributed by atoms with E-state index in [2.05, 4.69) is 6.07 Å². The molecular weight excluding hydrogens is 376 g/mol. The van der Waals surface area contributed by atoms with E-state index in [4.69, 9.17) is 10.00 Å². The Kier molecular flexibility index (Phi) is 6.81. The van der Waals surface area contributed by atoms with Gasteiger partial charge >= 0.3 is 0 Å². The predicted molar refractivity (Wildman–Crippen MR) is 108 cm³/mol. The average molecular weight is 401 g/mol. The van der Waals surface area contributed by atoms with E-state index in [0.29, 0.717) is 17.0 Å². The van der Waals surface area contributed by atoms with Crippen LogP contribution in [0.4, 0.5) is 5.69 Å². The van der Waals surface area contributed by atoms with Crippen LogP contribution in [-0.2, 0) is 14.6 Å². The number of ether oxygens (including phenoxy) is 1. The van der Waals surface area contributed by atoms with Crippen molar-refractivity contribution < 1.29 is 17.9 Å². The van der Waals surface area contributed by atoms with Crippen LogP contribution in [0.3, 0.4) is 0 Å². The van der Waals surface area contributed by atoms with Gasteiger partial charge in [0.2, 0.25) is 5.91 Å². The van der Waals surface area contributed by atoms with Gasteiger partial charge in [-0.1, -0.05) is 13.0 Å². The van der Waals surface area contributed by atoms with Crippen molar-refractivity contribution in [3.8, 4) is 11.8 Å². The topological polar surface area (TPSA) is 87.5 Å². The van der Waals surface area contributed by atoms with Crippen LogP contribution in [0.5, 0.6) is 5.75 Å². The largest absolute Gasteiger partial charge is 0.497 e. The lowest BCUT2D eigenvalue weighted by molar-refractivity contribution is -0.121. The third-order valence-corrected chi connectivity index (χ3v) is 6.25. The van der Waals surface area contributed by atoms with Crippen LogP contribution in [0.15, 0.2) is 53.4 Å². The summed E-state index contributed by atoms with van der Waals surface area (Å²) in [6.45, 7) is 5.30. The Morgan fingerprint density at radius 3 is 2.32 bits per heavy atom. The molecule has 148 valence electrons. The predicted octanol–water partition coefficient (Wildman–Crippen LogP) is 3.42. The molecule has 0 saturated carbocycles. The summed E-state index contributed by atoms with van der Waals surface area (Å²) in [5.74, 6) is -0.798. The Labute approximate surface area is 166 Å². The van der Waals surface area contributed by atoms with E-state index in [9.17, 15) is 13.2 Å². The van der Waals surface area contributed by atoms with Crippen molar-refractivity contribution in [3.05, 3.63) is 54.1 Å². The maximum atomic E-state index is 13.1. The molecule has 0 heterocycles. The van der Waals surface area contributed by atoms with Crippen molar-refractivity contribution >= 4 is 21.4 Å². The molecule has 2 aromatic rings. The lowest BCUT2D eigenvalue weighted by atomic mass is 10.1. The monoisotopic (exact) mass is 400 g/mol. The number of amides is 1. The molecule has 2 rings (SSSR count). The zero-order chi connectivity index (χ0) is 20.9. The van der Waals surface area contributed by atoms with Gasteiger partial charge in [-0.3, -0.25) is 4.79 Å². The fraction of sp³-hybridized carbons (Fsp3) is 0.333. The second-order valence-corrected chi connectivity index (χ2v) is 8.86. The molecule has 1 unspecified atom stereocenters. The molecule has 2 aromatic carbocycles. The quantitative estimate of drug-likeness (QED) is 0.711. The van der Waals surface area contributed by atoms with Gasteiger partial charge in [-0.2, -0.15) is 5.26 Å². The molecular formula is C21H24N2O4S. The Balaban J connectivity index is 2.26. The van der Waals surface area contributed by atoms with Crippen LogP contribution in [0.2, 0.25) is 0 Å². The van der Waals surface area contributed by atoms with E-state index >= 15 is 0 Å². The van der Waals surface area contributed by atoms with E-state index in [-0.39, 0.29) is 22.6 Å². The van der Waals surface area contributed by atoms with Gasteiger partial charge in [0.1, 0.15) is 5.75 Å². The summed E-state index contributed by atoms with van der Waals surface area (Å²) in [4.78, 5) is 14.7. The summed E-state index contributed by atoms with van der Waals surface area (Å²) < 4.78 is 30.5. The summed E-state index contributed by atoms with van der Waals surface area (Å²) in [7, 11) is -2.13. The molecule has 0 N–H and O–H groups in total. The normalized spacial score (nSPS) is 12.3. The number of nitriles is 1. The molecule has 0 radical (unpaired) electrons. The second-order valence-electron chi connectivity index (χ2n) is 6.82. The van der Waals surface area contributed by atoms with Gasteiger partial charge in [-0.05, 0) is 56.3 Å². The summed E-state index contributed by atoms with van der Waals surface area (Å²) in [5, 5.41) is 9.10. The van der Waals surface area contributed by atoms with Crippen molar-refractivity contribution in [2.45, 2.75) is 31.7 Å². The van der Waals surface area contributed by atoms with Gasteiger partial charge in [-0.15, -0.1) is 0 Å². The van der Waals surface area contributed by atoms with Crippen molar-refractivity contribution in [1.29, 1.82) is 5.26 Å². The molecule has 0 spiro atoms. The zero-order valence-electron chi connectivity index (χ0n) is 16.4. The SMILES string of the molecule is COc1ccc(S(=O)(=O)CC(C)C(=O)N(c2cccc(C#N)c2)C(C)C)cc1. The van der Waals surface area contributed by atoms with Crippen LogP contribution in [0.1, 0.15) is 26.3 Å². The standard InChI is InChI=1S/C21H24N2O4S/c1-15(2)23(18-7-5-6-17(12-18)13-22)21(24)16(3)14-28(25,26)20-10-8-19(27-4)9-11-20/h5-12,15-16H,14H2,1-4H3. The zero-order valence-corrected chi connectivity index (χ0v) is 17.2. The third kappa shape index (κ3) is 4.90. The first-order chi connectivity index (χ1) is 13.2. The Hall–Kier alpha value is -2.85. The fourth-order valence-corrected chi connectivity index (χ4v) is 4.47. The maximum absolute atomic E-state index is 13.1. The molecule has 0 aromatic heterocycles. The number of methoxy groups -OCH3 is 1. The van der Waals surface area contributed by atoms with E-state index in [1.165, 1.54) is 24.1 Å². The number of hydrogen-bond acceptors (Lipinski definition) is 5. The van der Waals surface area contributed by atoms with Crippen LogP contribution >= 0.6 is 0 Å². The Bertz CT molecular complexity index is 976. The first kappa shape index (κ1) is 21.5. The average Bonchev–Trinajstić information content (AvgIpc) is 2.67. The van der Waals surface area contributed by atoms with Crippen LogP contribution in [-0.4, -0.2) is 33.2 Å². The molecule has 28 heavy (non-hydrogen) atoms.